The average Bonchev–Trinajstić information content (AvgIpc) is 2.69. The second-order valence-corrected chi connectivity index (χ2v) is 3.35. The zero-order chi connectivity index (χ0) is 10.7. The molecule has 0 radical (unpaired) electrons. The van der Waals surface area contributed by atoms with E-state index in [-0.39, 0.29) is 0 Å². The van der Waals surface area contributed by atoms with Crippen molar-refractivity contribution < 1.29 is 4.74 Å². The molecule has 0 fully saturated rings. The van der Waals surface area contributed by atoms with E-state index < -0.39 is 0 Å². The van der Waals surface area contributed by atoms with Crippen LogP contribution in [-0.4, -0.2) is 12.1 Å². The first-order valence-electron chi connectivity index (χ1n) is 4.86. The summed E-state index contributed by atoms with van der Waals surface area (Å²) >= 11 is 0. The molecule has 76 valence electrons. The average molecular weight is 200 g/mol. The van der Waals surface area contributed by atoms with E-state index in [9.17, 15) is 0 Å². The lowest BCUT2D eigenvalue weighted by Gasteiger charge is -2.01. The second kappa shape index (κ2) is 4.05. The second-order valence-electron chi connectivity index (χ2n) is 3.35. The molecular weight excluding hydrogens is 188 g/mol. The lowest BCUT2D eigenvalue weighted by atomic mass is 10.1. The summed E-state index contributed by atoms with van der Waals surface area (Å²) < 4.78 is 5.25. The van der Waals surface area contributed by atoms with Crippen molar-refractivity contribution in [2.75, 3.05) is 7.11 Å². The van der Waals surface area contributed by atoms with Crippen LogP contribution < -0.4 is 4.74 Å². The highest BCUT2D eigenvalue weighted by Gasteiger charge is 2.06. The van der Waals surface area contributed by atoms with Gasteiger partial charge in [-0.05, 0) is 18.1 Å². The van der Waals surface area contributed by atoms with Crippen molar-refractivity contribution in [3.63, 3.8) is 0 Å². The number of aromatic nitrogens is 1. The van der Waals surface area contributed by atoms with Gasteiger partial charge in [0.05, 0.1) is 18.7 Å². The fourth-order valence-corrected chi connectivity index (χ4v) is 1.75. The highest BCUT2D eigenvalue weighted by Crippen LogP contribution is 2.27. The van der Waals surface area contributed by atoms with Gasteiger partial charge in [-0.2, -0.15) is 5.26 Å². The van der Waals surface area contributed by atoms with E-state index in [0.29, 0.717) is 6.42 Å². The van der Waals surface area contributed by atoms with Crippen molar-refractivity contribution in [3.8, 4) is 11.8 Å². The van der Waals surface area contributed by atoms with Gasteiger partial charge in [-0.1, -0.05) is 12.1 Å². The van der Waals surface area contributed by atoms with Crippen LogP contribution in [0.15, 0.2) is 24.4 Å². The van der Waals surface area contributed by atoms with Gasteiger partial charge < -0.3 is 9.72 Å². The number of hydrogen-bond donors (Lipinski definition) is 1. The topological polar surface area (TPSA) is 48.8 Å². The number of aromatic amines is 1. The molecule has 1 aromatic heterocycles. The van der Waals surface area contributed by atoms with Gasteiger partial charge in [-0.15, -0.1) is 0 Å². The highest BCUT2D eigenvalue weighted by atomic mass is 16.5. The summed E-state index contributed by atoms with van der Waals surface area (Å²) in [6, 6.07) is 8.08. The number of nitrogens with one attached hydrogen (secondary N) is 1. The molecule has 1 aromatic carbocycles. The van der Waals surface area contributed by atoms with Gasteiger partial charge in [-0.3, -0.25) is 0 Å². The Bertz CT molecular complexity index is 508. The van der Waals surface area contributed by atoms with E-state index in [2.05, 4.69) is 11.1 Å². The van der Waals surface area contributed by atoms with Crippen molar-refractivity contribution in [3.05, 3.63) is 30.0 Å². The Morgan fingerprint density at radius 3 is 3.07 bits per heavy atom. The summed E-state index contributed by atoms with van der Waals surface area (Å²) in [7, 11) is 1.66. The van der Waals surface area contributed by atoms with Gasteiger partial charge in [0.2, 0.25) is 0 Å². The molecule has 0 saturated heterocycles. The molecule has 0 unspecified atom stereocenters. The van der Waals surface area contributed by atoms with Crippen molar-refractivity contribution in [2.45, 2.75) is 12.8 Å². The molecule has 3 nitrogen and oxygen atoms in total. The van der Waals surface area contributed by atoms with Crippen LogP contribution in [0.25, 0.3) is 10.9 Å². The van der Waals surface area contributed by atoms with Gasteiger partial charge in [0.1, 0.15) is 5.75 Å². The molecule has 15 heavy (non-hydrogen) atoms. The Kier molecular flexibility index (Phi) is 2.59. The summed E-state index contributed by atoms with van der Waals surface area (Å²) in [6.07, 6.45) is 3.28. The third-order valence-electron chi connectivity index (χ3n) is 2.49. The number of nitrogens with zero attached hydrogens (tertiary/aromatic N) is 1. The predicted octanol–water partition coefficient (Wildman–Crippen LogP) is 2.63. The Morgan fingerprint density at radius 1 is 1.47 bits per heavy atom. The molecule has 0 aliphatic rings. The molecular formula is C12H12N2O. The maximum atomic E-state index is 8.55. The Balaban J connectivity index is 2.47. The number of fused-ring (bicyclic) bond motifs is 1. The minimum Gasteiger partial charge on any atom is -0.495 e. The number of para-hydroxylation sites is 1. The van der Waals surface area contributed by atoms with Gasteiger partial charge >= 0.3 is 0 Å². The largest absolute Gasteiger partial charge is 0.495 e. The Hall–Kier alpha value is -1.95. The van der Waals surface area contributed by atoms with Gasteiger partial charge in [0.15, 0.2) is 0 Å². The molecule has 1 N–H and O–H groups in total. The maximum absolute atomic E-state index is 8.55. The van der Waals surface area contributed by atoms with Crippen LogP contribution in [0.3, 0.4) is 0 Å². The zero-order valence-corrected chi connectivity index (χ0v) is 8.58. The number of benzene rings is 1. The fourth-order valence-electron chi connectivity index (χ4n) is 1.75. The summed E-state index contributed by atoms with van der Waals surface area (Å²) in [5, 5.41) is 9.70. The molecule has 1 heterocycles. The summed E-state index contributed by atoms with van der Waals surface area (Å²) in [4.78, 5) is 3.18. The van der Waals surface area contributed by atoms with Gasteiger partial charge in [-0.25, -0.2) is 0 Å². The minimum atomic E-state index is 0.546. The molecule has 0 aliphatic carbocycles. The summed E-state index contributed by atoms with van der Waals surface area (Å²) in [6.45, 7) is 0. The quantitative estimate of drug-likeness (QED) is 0.827. The molecule has 2 rings (SSSR count). The third-order valence-corrected chi connectivity index (χ3v) is 2.49. The van der Waals surface area contributed by atoms with Crippen molar-refractivity contribution in [2.24, 2.45) is 0 Å². The van der Waals surface area contributed by atoms with Crippen LogP contribution in [0.5, 0.6) is 5.75 Å². The van der Waals surface area contributed by atoms with E-state index in [1.807, 2.05) is 24.4 Å². The highest BCUT2D eigenvalue weighted by molar-refractivity contribution is 5.88. The van der Waals surface area contributed by atoms with E-state index in [0.717, 1.165) is 23.1 Å². The van der Waals surface area contributed by atoms with Crippen LogP contribution in [-0.2, 0) is 6.42 Å². The number of aryl methyl sites for hydroxylation is 1. The van der Waals surface area contributed by atoms with Crippen LogP contribution >= 0.6 is 0 Å². The van der Waals surface area contributed by atoms with E-state index in [1.165, 1.54) is 5.56 Å². The third kappa shape index (κ3) is 1.66. The molecule has 0 aliphatic heterocycles. The summed E-state index contributed by atoms with van der Waals surface area (Å²) in [5.74, 6) is 0.843. The van der Waals surface area contributed by atoms with Crippen LogP contribution in [0, 0.1) is 11.3 Å². The van der Waals surface area contributed by atoms with E-state index >= 15 is 0 Å². The molecule has 0 bridgehead atoms. The number of H-pyrrole nitrogens is 1. The lowest BCUT2D eigenvalue weighted by Crippen LogP contribution is -1.84. The first kappa shape index (κ1) is 9.60. The van der Waals surface area contributed by atoms with Crippen LogP contribution in [0.1, 0.15) is 12.0 Å². The zero-order valence-electron chi connectivity index (χ0n) is 8.58. The fraction of sp³-hybridized carbons (Fsp3) is 0.250. The number of ether oxygens (including phenoxy) is 1. The van der Waals surface area contributed by atoms with Crippen molar-refractivity contribution in [1.29, 1.82) is 5.26 Å². The monoisotopic (exact) mass is 200 g/mol. The lowest BCUT2D eigenvalue weighted by molar-refractivity contribution is 0.419. The Morgan fingerprint density at radius 2 is 2.33 bits per heavy atom. The number of methoxy groups -OCH3 is 1. The Labute approximate surface area is 88.3 Å². The number of nitriles is 1. The molecule has 0 spiro atoms. The molecule has 2 aromatic rings. The molecule has 3 heteroatoms. The SMILES string of the molecule is COc1cccc2c(CCC#N)c[nH]c12. The molecule has 0 amide bonds. The molecule has 0 atom stereocenters. The van der Waals surface area contributed by atoms with Gasteiger partial charge in [0, 0.05) is 18.0 Å². The molecule has 0 saturated carbocycles. The first-order valence-corrected chi connectivity index (χ1v) is 4.86. The van der Waals surface area contributed by atoms with Crippen molar-refractivity contribution in [1.82, 2.24) is 4.98 Å². The minimum absolute atomic E-state index is 0.546. The summed E-state index contributed by atoms with van der Waals surface area (Å²) in [5.41, 5.74) is 2.18. The number of hydrogen-bond acceptors (Lipinski definition) is 2. The van der Waals surface area contributed by atoms with Crippen molar-refractivity contribution >= 4 is 10.9 Å². The van der Waals surface area contributed by atoms with Gasteiger partial charge in [0.25, 0.3) is 0 Å². The van der Waals surface area contributed by atoms with E-state index in [1.54, 1.807) is 7.11 Å². The number of rotatable bonds is 3. The standard InChI is InChI=1S/C12H12N2O/c1-15-11-6-2-5-10-9(4-3-7-13)8-14-12(10)11/h2,5-6,8,14H,3-4H2,1H3. The normalized spacial score (nSPS) is 10.1. The smallest absolute Gasteiger partial charge is 0.142 e. The predicted molar refractivity (Wildman–Crippen MR) is 58.8 cm³/mol. The maximum Gasteiger partial charge on any atom is 0.142 e. The first-order chi connectivity index (χ1) is 7.36. The van der Waals surface area contributed by atoms with E-state index in [4.69, 9.17) is 10.00 Å². The van der Waals surface area contributed by atoms with Crippen LogP contribution in [0.2, 0.25) is 0 Å². The van der Waals surface area contributed by atoms with Crippen LogP contribution in [0.4, 0.5) is 0 Å².